The molecule has 0 heterocycles. The number of rotatable bonds is 5. The van der Waals surface area contributed by atoms with Crippen molar-refractivity contribution in [1.82, 2.24) is 16.2 Å². The lowest BCUT2D eigenvalue weighted by Crippen LogP contribution is -2.49. The SMILES string of the molecule is COC(=O)c1ccc(C(=O)NC(=S)NNC(=O)COc2ccc(C)cc2C)cc1. The Labute approximate surface area is 173 Å². The number of carbonyl (C=O) groups excluding carboxylic acids is 3. The second-order valence-corrected chi connectivity index (χ2v) is 6.49. The minimum atomic E-state index is -0.500. The van der Waals surface area contributed by atoms with Crippen molar-refractivity contribution < 1.29 is 23.9 Å². The number of esters is 1. The first-order valence-electron chi connectivity index (χ1n) is 8.58. The first-order chi connectivity index (χ1) is 13.8. The lowest BCUT2D eigenvalue weighted by atomic mass is 10.1. The third-order valence-corrected chi connectivity index (χ3v) is 4.00. The summed E-state index contributed by atoms with van der Waals surface area (Å²) >= 11 is 4.97. The molecule has 0 aliphatic carbocycles. The van der Waals surface area contributed by atoms with Crippen LogP contribution in [0.2, 0.25) is 0 Å². The molecule has 0 radical (unpaired) electrons. The molecule has 0 saturated carbocycles. The molecule has 0 aromatic heterocycles. The van der Waals surface area contributed by atoms with E-state index in [4.69, 9.17) is 17.0 Å². The Kier molecular flexibility index (Phi) is 7.67. The fourth-order valence-electron chi connectivity index (χ4n) is 2.35. The summed E-state index contributed by atoms with van der Waals surface area (Å²) in [5.74, 6) is -0.861. The zero-order valence-corrected chi connectivity index (χ0v) is 17.0. The van der Waals surface area contributed by atoms with E-state index in [0.717, 1.165) is 11.1 Å². The number of ether oxygens (including phenoxy) is 2. The number of benzene rings is 2. The van der Waals surface area contributed by atoms with Gasteiger partial charge in [0, 0.05) is 5.56 Å². The molecular formula is C20H21N3O5S. The van der Waals surface area contributed by atoms with Crippen molar-refractivity contribution in [1.29, 1.82) is 0 Å². The number of hydrazine groups is 1. The van der Waals surface area contributed by atoms with Gasteiger partial charge in [-0.2, -0.15) is 0 Å². The van der Waals surface area contributed by atoms with Crippen molar-refractivity contribution in [3.63, 3.8) is 0 Å². The predicted octanol–water partition coefficient (Wildman–Crippen LogP) is 1.80. The smallest absolute Gasteiger partial charge is 0.337 e. The average Bonchev–Trinajstić information content (AvgIpc) is 2.71. The van der Waals surface area contributed by atoms with E-state index in [1.165, 1.54) is 31.4 Å². The molecular weight excluding hydrogens is 394 g/mol. The molecule has 0 spiro atoms. The van der Waals surface area contributed by atoms with Crippen LogP contribution in [0.5, 0.6) is 5.75 Å². The molecule has 8 nitrogen and oxygen atoms in total. The van der Waals surface area contributed by atoms with Gasteiger partial charge in [-0.1, -0.05) is 17.7 Å². The molecule has 2 aromatic carbocycles. The van der Waals surface area contributed by atoms with Crippen LogP contribution in [0.25, 0.3) is 0 Å². The quantitative estimate of drug-likeness (QED) is 0.388. The Morgan fingerprint density at radius 3 is 2.24 bits per heavy atom. The van der Waals surface area contributed by atoms with Crippen molar-refractivity contribution in [3.8, 4) is 5.75 Å². The van der Waals surface area contributed by atoms with Crippen LogP contribution in [-0.2, 0) is 9.53 Å². The summed E-state index contributed by atoms with van der Waals surface area (Å²) in [5.41, 5.74) is 7.39. The van der Waals surface area contributed by atoms with Crippen molar-refractivity contribution in [2.24, 2.45) is 0 Å². The lowest BCUT2D eigenvalue weighted by molar-refractivity contribution is -0.123. The zero-order chi connectivity index (χ0) is 21.4. The van der Waals surface area contributed by atoms with Crippen molar-refractivity contribution in [2.45, 2.75) is 13.8 Å². The minimum Gasteiger partial charge on any atom is -0.483 e. The van der Waals surface area contributed by atoms with Gasteiger partial charge in [-0.15, -0.1) is 0 Å². The van der Waals surface area contributed by atoms with E-state index in [9.17, 15) is 14.4 Å². The number of aryl methyl sites for hydroxylation is 2. The predicted molar refractivity (Wildman–Crippen MR) is 111 cm³/mol. The van der Waals surface area contributed by atoms with Gasteiger partial charge in [0.15, 0.2) is 11.7 Å². The van der Waals surface area contributed by atoms with Crippen LogP contribution in [0, 0.1) is 13.8 Å². The summed E-state index contributed by atoms with van der Waals surface area (Å²) < 4.78 is 10.1. The Balaban J connectivity index is 1.77. The van der Waals surface area contributed by atoms with E-state index in [2.05, 4.69) is 20.9 Å². The van der Waals surface area contributed by atoms with Crippen LogP contribution in [0.1, 0.15) is 31.8 Å². The van der Waals surface area contributed by atoms with Gasteiger partial charge in [-0.25, -0.2) is 4.79 Å². The Bertz CT molecular complexity index is 928. The number of nitrogens with one attached hydrogen (secondary N) is 3. The van der Waals surface area contributed by atoms with Gasteiger partial charge in [0.05, 0.1) is 12.7 Å². The molecule has 152 valence electrons. The highest BCUT2D eigenvalue weighted by molar-refractivity contribution is 7.80. The van der Waals surface area contributed by atoms with Gasteiger partial charge in [0.25, 0.3) is 11.8 Å². The molecule has 0 bridgehead atoms. The lowest BCUT2D eigenvalue weighted by Gasteiger charge is -2.12. The molecule has 0 saturated heterocycles. The van der Waals surface area contributed by atoms with E-state index in [0.29, 0.717) is 11.3 Å². The first-order valence-corrected chi connectivity index (χ1v) is 8.99. The molecule has 9 heteroatoms. The standard InChI is InChI=1S/C20H21N3O5S/c1-12-4-9-16(13(2)10-12)28-11-17(24)22-23-20(29)21-18(25)14-5-7-15(8-6-14)19(26)27-3/h4-10H,11H2,1-3H3,(H,22,24)(H2,21,23,25,29). The number of methoxy groups -OCH3 is 1. The van der Waals surface area contributed by atoms with E-state index in [1.54, 1.807) is 6.07 Å². The summed E-state index contributed by atoms with van der Waals surface area (Å²) in [6.07, 6.45) is 0. The van der Waals surface area contributed by atoms with E-state index in [-0.39, 0.29) is 17.3 Å². The van der Waals surface area contributed by atoms with Gasteiger partial charge in [0.2, 0.25) is 0 Å². The van der Waals surface area contributed by atoms with Crippen LogP contribution in [-0.4, -0.2) is 36.6 Å². The zero-order valence-electron chi connectivity index (χ0n) is 16.2. The van der Waals surface area contributed by atoms with Crippen LogP contribution >= 0.6 is 12.2 Å². The maximum Gasteiger partial charge on any atom is 0.337 e. The molecule has 2 aromatic rings. The average molecular weight is 415 g/mol. The topological polar surface area (TPSA) is 106 Å². The highest BCUT2D eigenvalue weighted by Gasteiger charge is 2.11. The van der Waals surface area contributed by atoms with Gasteiger partial charge < -0.3 is 9.47 Å². The fraction of sp³-hybridized carbons (Fsp3) is 0.200. The summed E-state index contributed by atoms with van der Waals surface area (Å²) in [6.45, 7) is 3.64. The maximum atomic E-state index is 12.1. The number of hydrogen-bond donors (Lipinski definition) is 3. The van der Waals surface area contributed by atoms with Crippen LogP contribution < -0.4 is 20.9 Å². The third kappa shape index (κ3) is 6.58. The van der Waals surface area contributed by atoms with Crippen molar-refractivity contribution >= 4 is 35.1 Å². The van der Waals surface area contributed by atoms with Crippen LogP contribution in [0.4, 0.5) is 0 Å². The second kappa shape index (κ2) is 10.2. The van der Waals surface area contributed by atoms with Crippen molar-refractivity contribution in [3.05, 3.63) is 64.7 Å². The number of carbonyl (C=O) groups is 3. The molecule has 2 amide bonds. The number of amides is 2. The van der Waals surface area contributed by atoms with Gasteiger partial charge in [0.1, 0.15) is 5.75 Å². The normalized spacial score (nSPS) is 9.90. The van der Waals surface area contributed by atoms with Gasteiger partial charge in [-0.05, 0) is 62.0 Å². The van der Waals surface area contributed by atoms with Crippen LogP contribution in [0.15, 0.2) is 42.5 Å². The number of hydrogen-bond acceptors (Lipinski definition) is 6. The second-order valence-electron chi connectivity index (χ2n) is 6.08. The fourth-order valence-corrected chi connectivity index (χ4v) is 2.49. The largest absolute Gasteiger partial charge is 0.483 e. The van der Waals surface area contributed by atoms with E-state index < -0.39 is 17.8 Å². The summed E-state index contributed by atoms with van der Waals surface area (Å²) in [4.78, 5) is 35.4. The molecule has 0 atom stereocenters. The molecule has 3 N–H and O–H groups in total. The molecule has 2 rings (SSSR count). The molecule has 0 aliphatic heterocycles. The Morgan fingerprint density at radius 2 is 1.62 bits per heavy atom. The first kappa shape index (κ1) is 21.8. The Hall–Kier alpha value is -3.46. The third-order valence-electron chi connectivity index (χ3n) is 3.80. The highest BCUT2D eigenvalue weighted by Crippen LogP contribution is 2.18. The Morgan fingerprint density at radius 1 is 0.966 bits per heavy atom. The molecule has 0 aliphatic rings. The maximum absolute atomic E-state index is 12.1. The van der Waals surface area contributed by atoms with Crippen molar-refractivity contribution in [2.75, 3.05) is 13.7 Å². The highest BCUT2D eigenvalue weighted by atomic mass is 32.1. The summed E-state index contributed by atoms with van der Waals surface area (Å²) in [6, 6.07) is 11.5. The minimum absolute atomic E-state index is 0.0908. The van der Waals surface area contributed by atoms with Crippen LogP contribution in [0.3, 0.4) is 0 Å². The molecule has 0 fully saturated rings. The summed E-state index contributed by atoms with van der Waals surface area (Å²) in [7, 11) is 1.27. The van der Waals surface area contributed by atoms with Gasteiger partial charge >= 0.3 is 5.97 Å². The van der Waals surface area contributed by atoms with E-state index in [1.807, 2.05) is 26.0 Å². The van der Waals surface area contributed by atoms with E-state index >= 15 is 0 Å². The summed E-state index contributed by atoms with van der Waals surface area (Å²) in [5, 5.41) is 2.32. The van der Waals surface area contributed by atoms with Gasteiger partial charge in [-0.3, -0.25) is 25.8 Å². The monoisotopic (exact) mass is 415 g/mol. The molecule has 0 unspecified atom stereocenters. The number of thiocarbonyl (C=S) groups is 1. The molecule has 29 heavy (non-hydrogen) atoms.